The quantitative estimate of drug-likeness (QED) is 0.350. The monoisotopic (exact) mass is 248 g/mol. The van der Waals surface area contributed by atoms with Crippen LogP contribution in [0.4, 0.5) is 0 Å². The van der Waals surface area contributed by atoms with Gasteiger partial charge in [0, 0.05) is 0 Å². The Morgan fingerprint density at radius 1 is 0.722 bits per heavy atom. The molecule has 0 spiro atoms. The van der Waals surface area contributed by atoms with E-state index in [4.69, 9.17) is 0 Å². The van der Waals surface area contributed by atoms with Crippen LogP contribution in [-0.4, -0.2) is 0 Å². The molecular formula is C18H32. The molecule has 1 rings (SSSR count). The summed E-state index contributed by atoms with van der Waals surface area (Å²) >= 11 is 0. The Morgan fingerprint density at radius 3 is 1.56 bits per heavy atom. The molecule has 0 aliphatic heterocycles. The van der Waals surface area contributed by atoms with Gasteiger partial charge in [0.15, 0.2) is 0 Å². The van der Waals surface area contributed by atoms with Crippen molar-refractivity contribution in [2.24, 2.45) is 11.8 Å². The van der Waals surface area contributed by atoms with E-state index in [0.29, 0.717) is 0 Å². The molecule has 0 amide bonds. The minimum absolute atomic E-state index is 0.810. The fraction of sp³-hybridized carbons (Fsp3) is 0.778. The van der Waals surface area contributed by atoms with Gasteiger partial charge in [0.2, 0.25) is 0 Å². The zero-order valence-electron chi connectivity index (χ0n) is 12.5. The van der Waals surface area contributed by atoms with Gasteiger partial charge in [-0.05, 0) is 37.5 Å². The lowest BCUT2D eigenvalue weighted by Gasteiger charge is -2.16. The Kier molecular flexibility index (Phi) is 8.98. The van der Waals surface area contributed by atoms with E-state index in [2.05, 4.69) is 38.2 Å². The lowest BCUT2D eigenvalue weighted by molar-refractivity contribution is 0.514. The smallest absolute Gasteiger partial charge is 0.0199 e. The molecule has 0 heterocycles. The van der Waals surface area contributed by atoms with Gasteiger partial charge in [-0.1, -0.05) is 76.7 Å². The van der Waals surface area contributed by atoms with Crippen LogP contribution in [0.5, 0.6) is 0 Å². The Morgan fingerprint density at radius 2 is 1.17 bits per heavy atom. The van der Waals surface area contributed by atoms with Gasteiger partial charge < -0.3 is 0 Å². The summed E-state index contributed by atoms with van der Waals surface area (Å²) in [5.41, 5.74) is 0. The van der Waals surface area contributed by atoms with E-state index in [9.17, 15) is 0 Å². The van der Waals surface area contributed by atoms with E-state index < -0.39 is 0 Å². The third-order valence-corrected chi connectivity index (χ3v) is 4.05. The van der Waals surface area contributed by atoms with E-state index in [1.807, 2.05) is 0 Å². The lowest BCUT2D eigenvalue weighted by atomic mass is 9.90. The predicted octanol–water partition coefficient (Wildman–Crippen LogP) is 6.29. The molecule has 18 heavy (non-hydrogen) atoms. The van der Waals surface area contributed by atoms with Crippen LogP contribution in [0.3, 0.4) is 0 Å². The average Bonchev–Trinajstić information content (AvgIpc) is 2.34. The number of hydrogen-bond acceptors (Lipinski definition) is 0. The van der Waals surface area contributed by atoms with Crippen molar-refractivity contribution in [2.75, 3.05) is 0 Å². The van der Waals surface area contributed by atoms with Crippen molar-refractivity contribution in [3.8, 4) is 0 Å². The number of allylic oxidation sites excluding steroid dienone is 4. The standard InChI is InChI=1S/C18H32/c1-3-5-7-11-17-13-9-15-18(16-10-14-17)12-8-6-4-2/h9-10,13,16-18H,3-8,11-12,14-15H2,1-2H3/t17-,18-. The summed E-state index contributed by atoms with van der Waals surface area (Å²) in [7, 11) is 0. The first kappa shape index (κ1) is 15.5. The predicted molar refractivity (Wildman–Crippen MR) is 82.8 cm³/mol. The van der Waals surface area contributed by atoms with E-state index >= 15 is 0 Å². The van der Waals surface area contributed by atoms with Gasteiger partial charge in [0.05, 0.1) is 0 Å². The summed E-state index contributed by atoms with van der Waals surface area (Å²) < 4.78 is 0. The summed E-state index contributed by atoms with van der Waals surface area (Å²) in [6.45, 7) is 4.57. The van der Waals surface area contributed by atoms with Crippen molar-refractivity contribution >= 4 is 0 Å². The van der Waals surface area contributed by atoms with Crippen LogP contribution in [0.2, 0.25) is 0 Å². The molecule has 0 aromatic heterocycles. The Labute approximate surface area is 115 Å². The second-order valence-corrected chi connectivity index (χ2v) is 5.84. The molecule has 0 bridgehead atoms. The van der Waals surface area contributed by atoms with Crippen LogP contribution < -0.4 is 0 Å². The van der Waals surface area contributed by atoms with Crippen molar-refractivity contribution in [3.05, 3.63) is 24.3 Å². The van der Waals surface area contributed by atoms with Gasteiger partial charge >= 0.3 is 0 Å². The van der Waals surface area contributed by atoms with Gasteiger partial charge in [-0.25, -0.2) is 0 Å². The van der Waals surface area contributed by atoms with Gasteiger partial charge in [-0.2, -0.15) is 0 Å². The van der Waals surface area contributed by atoms with E-state index in [-0.39, 0.29) is 0 Å². The summed E-state index contributed by atoms with van der Waals surface area (Å²) in [4.78, 5) is 0. The van der Waals surface area contributed by atoms with Crippen LogP contribution in [0.15, 0.2) is 24.3 Å². The minimum Gasteiger partial charge on any atom is -0.0877 e. The van der Waals surface area contributed by atoms with Gasteiger partial charge in [-0.15, -0.1) is 0 Å². The molecular weight excluding hydrogens is 216 g/mol. The molecule has 0 saturated carbocycles. The highest BCUT2D eigenvalue weighted by atomic mass is 14.1. The second kappa shape index (κ2) is 10.4. The Hall–Kier alpha value is -0.520. The SMILES string of the molecule is CCCCC[C@@H]1C=CC[C@@H](CCCCC)C=CC1. The minimum atomic E-state index is 0.810. The molecule has 0 fully saturated rings. The van der Waals surface area contributed by atoms with Crippen LogP contribution in [-0.2, 0) is 0 Å². The van der Waals surface area contributed by atoms with Crippen molar-refractivity contribution < 1.29 is 0 Å². The highest BCUT2D eigenvalue weighted by Gasteiger charge is 2.08. The third-order valence-electron chi connectivity index (χ3n) is 4.05. The number of hydrogen-bond donors (Lipinski definition) is 0. The van der Waals surface area contributed by atoms with Crippen LogP contribution in [0, 0.1) is 11.8 Å². The van der Waals surface area contributed by atoms with Gasteiger partial charge in [0.25, 0.3) is 0 Å². The normalized spacial score (nSPS) is 23.9. The molecule has 1 aliphatic carbocycles. The highest BCUT2D eigenvalue weighted by Crippen LogP contribution is 2.23. The first-order valence-corrected chi connectivity index (χ1v) is 8.20. The first-order valence-electron chi connectivity index (χ1n) is 8.20. The van der Waals surface area contributed by atoms with E-state index in [1.165, 1.54) is 64.2 Å². The molecule has 0 aromatic rings. The summed E-state index contributed by atoms with van der Waals surface area (Å²) in [5, 5.41) is 0. The Bertz CT molecular complexity index is 210. The van der Waals surface area contributed by atoms with Crippen molar-refractivity contribution in [3.63, 3.8) is 0 Å². The van der Waals surface area contributed by atoms with Crippen molar-refractivity contribution in [2.45, 2.75) is 78.1 Å². The average molecular weight is 248 g/mol. The fourth-order valence-electron chi connectivity index (χ4n) is 2.79. The lowest BCUT2D eigenvalue weighted by Crippen LogP contribution is -2.01. The second-order valence-electron chi connectivity index (χ2n) is 5.84. The fourth-order valence-corrected chi connectivity index (χ4v) is 2.79. The zero-order valence-corrected chi connectivity index (χ0v) is 12.5. The summed E-state index contributed by atoms with van der Waals surface area (Å²) in [5.74, 6) is 1.62. The molecule has 0 saturated heterocycles. The van der Waals surface area contributed by atoms with Gasteiger partial charge in [0.1, 0.15) is 0 Å². The first-order chi connectivity index (χ1) is 8.86. The molecule has 104 valence electrons. The molecule has 1 aliphatic rings. The van der Waals surface area contributed by atoms with Crippen LogP contribution in [0.25, 0.3) is 0 Å². The molecule has 0 heteroatoms. The summed E-state index contributed by atoms with van der Waals surface area (Å²) in [6, 6.07) is 0. The largest absolute Gasteiger partial charge is 0.0877 e. The number of unbranched alkanes of at least 4 members (excludes halogenated alkanes) is 4. The maximum absolute atomic E-state index is 2.49. The van der Waals surface area contributed by atoms with E-state index in [1.54, 1.807) is 0 Å². The third kappa shape index (κ3) is 7.03. The molecule has 0 unspecified atom stereocenters. The van der Waals surface area contributed by atoms with Gasteiger partial charge in [-0.3, -0.25) is 0 Å². The maximum Gasteiger partial charge on any atom is -0.0199 e. The van der Waals surface area contributed by atoms with Crippen molar-refractivity contribution in [1.82, 2.24) is 0 Å². The number of rotatable bonds is 8. The zero-order chi connectivity index (χ0) is 13.1. The molecule has 0 N–H and O–H groups in total. The topological polar surface area (TPSA) is 0 Å². The summed E-state index contributed by atoms with van der Waals surface area (Å²) in [6.07, 6.45) is 23.5. The van der Waals surface area contributed by atoms with Crippen LogP contribution in [0.1, 0.15) is 78.1 Å². The molecule has 0 radical (unpaired) electrons. The highest BCUT2D eigenvalue weighted by molar-refractivity contribution is 5.01. The molecule has 0 aromatic carbocycles. The van der Waals surface area contributed by atoms with E-state index in [0.717, 1.165) is 11.8 Å². The molecule has 0 nitrogen and oxygen atoms in total. The molecule has 2 atom stereocenters. The van der Waals surface area contributed by atoms with Crippen LogP contribution >= 0.6 is 0 Å². The Balaban J connectivity index is 2.24. The van der Waals surface area contributed by atoms with Crippen molar-refractivity contribution in [1.29, 1.82) is 0 Å². The maximum atomic E-state index is 2.49.